The molecule has 0 saturated carbocycles. The molecule has 0 fully saturated rings. The van der Waals surface area contributed by atoms with E-state index in [1.807, 2.05) is 0 Å². The van der Waals surface area contributed by atoms with E-state index in [0.29, 0.717) is 21.6 Å². The molecule has 0 heterocycles. The van der Waals surface area contributed by atoms with Crippen molar-refractivity contribution in [3.63, 3.8) is 0 Å². The van der Waals surface area contributed by atoms with E-state index in [2.05, 4.69) is 30.3 Å². The summed E-state index contributed by atoms with van der Waals surface area (Å²) in [5, 5.41) is 1.30. The van der Waals surface area contributed by atoms with Gasteiger partial charge in [-0.2, -0.15) is 0 Å². The number of aryl methyl sites for hydroxylation is 1. The SMILES string of the molecule is COCCOC[Se]CCCc1ccccc1. The van der Waals surface area contributed by atoms with E-state index < -0.39 is 0 Å². The molecule has 0 aliphatic carbocycles. The topological polar surface area (TPSA) is 18.5 Å². The van der Waals surface area contributed by atoms with Crippen LogP contribution in [0, 0.1) is 0 Å². The molecule has 3 heteroatoms. The van der Waals surface area contributed by atoms with Gasteiger partial charge in [0, 0.05) is 0 Å². The van der Waals surface area contributed by atoms with Gasteiger partial charge in [0.2, 0.25) is 0 Å². The Morgan fingerprint density at radius 3 is 2.69 bits per heavy atom. The summed E-state index contributed by atoms with van der Waals surface area (Å²) < 4.78 is 10.3. The summed E-state index contributed by atoms with van der Waals surface area (Å²) in [5.74, 6) is 0. The maximum atomic E-state index is 5.43. The van der Waals surface area contributed by atoms with Crippen molar-refractivity contribution in [3.05, 3.63) is 35.9 Å². The van der Waals surface area contributed by atoms with E-state index in [1.165, 1.54) is 23.7 Å². The monoisotopic (exact) mass is 288 g/mol. The van der Waals surface area contributed by atoms with Crippen LogP contribution in [0.25, 0.3) is 0 Å². The Morgan fingerprint density at radius 1 is 1.12 bits per heavy atom. The van der Waals surface area contributed by atoms with Gasteiger partial charge in [-0.25, -0.2) is 0 Å². The van der Waals surface area contributed by atoms with Gasteiger partial charge in [0.1, 0.15) is 0 Å². The van der Waals surface area contributed by atoms with Gasteiger partial charge in [0.15, 0.2) is 0 Å². The first-order chi connectivity index (χ1) is 7.93. The fraction of sp³-hybridized carbons (Fsp3) is 0.538. The van der Waals surface area contributed by atoms with Crippen LogP contribution in [-0.2, 0) is 15.9 Å². The summed E-state index contributed by atoms with van der Waals surface area (Å²) >= 11 is 0.628. The molecule has 1 aromatic carbocycles. The van der Waals surface area contributed by atoms with E-state index in [1.54, 1.807) is 7.11 Å². The first kappa shape index (κ1) is 13.7. The van der Waals surface area contributed by atoms with Crippen LogP contribution < -0.4 is 0 Å². The molecule has 0 aromatic heterocycles. The molecule has 0 N–H and O–H groups in total. The predicted octanol–water partition coefficient (Wildman–Crippen LogP) is 2.36. The van der Waals surface area contributed by atoms with Crippen LogP contribution in [-0.4, -0.2) is 40.8 Å². The Bertz CT molecular complexity index is 251. The summed E-state index contributed by atoms with van der Waals surface area (Å²) in [6.45, 7) is 1.44. The molecule has 0 aliphatic rings. The van der Waals surface area contributed by atoms with Crippen molar-refractivity contribution in [1.82, 2.24) is 0 Å². The summed E-state index contributed by atoms with van der Waals surface area (Å²) in [6.07, 6.45) is 2.47. The fourth-order valence-corrected chi connectivity index (χ4v) is 2.81. The zero-order chi connectivity index (χ0) is 11.5. The third-order valence-electron chi connectivity index (χ3n) is 2.20. The molecule has 2 nitrogen and oxygen atoms in total. The number of rotatable bonds is 9. The number of methoxy groups -OCH3 is 1. The Morgan fingerprint density at radius 2 is 1.94 bits per heavy atom. The van der Waals surface area contributed by atoms with Gasteiger partial charge < -0.3 is 0 Å². The average Bonchev–Trinajstić information content (AvgIpc) is 2.34. The summed E-state index contributed by atoms with van der Waals surface area (Å²) in [4.78, 5) is 0. The average molecular weight is 287 g/mol. The minimum absolute atomic E-state index is 0.628. The van der Waals surface area contributed by atoms with E-state index in [-0.39, 0.29) is 0 Å². The number of hydrogen-bond acceptors (Lipinski definition) is 2. The van der Waals surface area contributed by atoms with E-state index >= 15 is 0 Å². The first-order valence-electron chi connectivity index (χ1n) is 5.62. The quantitative estimate of drug-likeness (QED) is 0.513. The molecule has 0 spiro atoms. The summed E-state index contributed by atoms with van der Waals surface area (Å²) in [5.41, 5.74) is 2.36. The van der Waals surface area contributed by atoms with E-state index in [9.17, 15) is 0 Å². The number of ether oxygens (including phenoxy) is 2. The second kappa shape index (κ2) is 9.86. The van der Waals surface area contributed by atoms with Crippen LogP contribution in [0.1, 0.15) is 12.0 Å². The fourth-order valence-electron chi connectivity index (χ4n) is 1.34. The molecular formula is C13H20O2Se. The van der Waals surface area contributed by atoms with Crippen molar-refractivity contribution in [3.8, 4) is 0 Å². The van der Waals surface area contributed by atoms with Gasteiger partial charge in [-0.3, -0.25) is 0 Å². The second-order valence-electron chi connectivity index (χ2n) is 3.52. The van der Waals surface area contributed by atoms with Crippen LogP contribution in [0.15, 0.2) is 30.3 Å². The molecule has 1 aromatic rings. The minimum atomic E-state index is 0.628. The molecular weight excluding hydrogens is 267 g/mol. The van der Waals surface area contributed by atoms with Crippen LogP contribution in [0.4, 0.5) is 0 Å². The van der Waals surface area contributed by atoms with Crippen LogP contribution in [0.3, 0.4) is 0 Å². The van der Waals surface area contributed by atoms with E-state index in [4.69, 9.17) is 9.47 Å². The molecule has 16 heavy (non-hydrogen) atoms. The molecule has 0 radical (unpaired) electrons. The number of hydrogen-bond donors (Lipinski definition) is 0. The predicted molar refractivity (Wildman–Crippen MR) is 68.0 cm³/mol. The van der Waals surface area contributed by atoms with Crippen LogP contribution in [0.5, 0.6) is 0 Å². The van der Waals surface area contributed by atoms with Gasteiger partial charge in [0.05, 0.1) is 0 Å². The van der Waals surface area contributed by atoms with Crippen LogP contribution >= 0.6 is 0 Å². The van der Waals surface area contributed by atoms with Crippen LogP contribution in [0.2, 0.25) is 5.32 Å². The molecule has 90 valence electrons. The van der Waals surface area contributed by atoms with Gasteiger partial charge >= 0.3 is 104 Å². The Kier molecular flexibility index (Phi) is 8.45. The third kappa shape index (κ3) is 7.02. The molecule has 1 rings (SSSR count). The molecule has 0 aliphatic heterocycles. The second-order valence-corrected chi connectivity index (χ2v) is 5.72. The molecule has 0 amide bonds. The van der Waals surface area contributed by atoms with E-state index in [0.717, 1.165) is 12.1 Å². The Hall–Kier alpha value is -0.341. The van der Waals surface area contributed by atoms with Crippen molar-refractivity contribution in [2.24, 2.45) is 0 Å². The first-order valence-corrected chi connectivity index (χ1v) is 8.04. The Balaban J connectivity index is 1.89. The number of benzene rings is 1. The summed E-state index contributed by atoms with van der Waals surface area (Å²) in [7, 11) is 1.70. The van der Waals surface area contributed by atoms with Crippen molar-refractivity contribution in [1.29, 1.82) is 0 Å². The maximum absolute atomic E-state index is 5.43. The molecule has 0 atom stereocenters. The van der Waals surface area contributed by atoms with Crippen molar-refractivity contribution in [2.45, 2.75) is 18.2 Å². The van der Waals surface area contributed by atoms with Crippen molar-refractivity contribution in [2.75, 3.05) is 25.8 Å². The Labute approximate surface area is 104 Å². The third-order valence-corrected chi connectivity index (χ3v) is 4.11. The molecule has 0 bridgehead atoms. The molecule has 0 unspecified atom stereocenters. The summed E-state index contributed by atoms with van der Waals surface area (Å²) in [6, 6.07) is 10.7. The zero-order valence-corrected chi connectivity index (χ0v) is 11.6. The van der Waals surface area contributed by atoms with Gasteiger partial charge in [-0.1, -0.05) is 0 Å². The standard InChI is InChI=1S/C13H20O2Se/c1-14-9-10-15-12-16-11-5-8-13-6-3-2-4-7-13/h2-4,6-7H,5,8-12H2,1H3. The van der Waals surface area contributed by atoms with Crippen molar-refractivity contribution < 1.29 is 9.47 Å². The zero-order valence-electron chi connectivity index (χ0n) is 9.85. The van der Waals surface area contributed by atoms with Gasteiger partial charge in [-0.15, -0.1) is 0 Å². The van der Waals surface area contributed by atoms with Gasteiger partial charge in [0.25, 0.3) is 0 Å². The van der Waals surface area contributed by atoms with Crippen molar-refractivity contribution >= 4 is 15.0 Å². The van der Waals surface area contributed by atoms with Gasteiger partial charge in [-0.05, 0) is 0 Å². The molecule has 0 saturated heterocycles. The normalized spacial score (nSPS) is 10.6.